The molecule has 2 aliphatic heterocycles. The number of hydrogen-bond acceptors (Lipinski definition) is 9. The summed E-state index contributed by atoms with van der Waals surface area (Å²) in [6, 6.07) is 2.75. The van der Waals surface area contributed by atoms with E-state index in [0.29, 0.717) is 80.5 Å². The number of carbonyl (C=O) groups is 1. The average molecular weight is 764 g/mol. The van der Waals surface area contributed by atoms with Gasteiger partial charge in [-0.1, -0.05) is 67.1 Å². The van der Waals surface area contributed by atoms with E-state index in [1.807, 2.05) is 4.90 Å². The predicted octanol–water partition coefficient (Wildman–Crippen LogP) is 5.88. The van der Waals surface area contributed by atoms with E-state index in [2.05, 4.69) is 82.6 Å². The Balaban J connectivity index is 1.49. The fourth-order valence-corrected chi connectivity index (χ4v) is 13.1. The van der Waals surface area contributed by atoms with Gasteiger partial charge in [-0.2, -0.15) is 13.2 Å². The number of hydrogen-bond donors (Lipinski definition) is 0. The van der Waals surface area contributed by atoms with Crippen molar-refractivity contribution in [3.8, 4) is 11.5 Å². The van der Waals surface area contributed by atoms with Crippen LogP contribution in [0, 0.1) is 11.5 Å². The third-order valence-electron chi connectivity index (χ3n) is 10.2. The molecule has 0 saturated carbocycles. The summed E-state index contributed by atoms with van der Waals surface area (Å²) in [6.07, 6.45) is -3.18. The van der Waals surface area contributed by atoms with Crippen LogP contribution in [0.1, 0.15) is 59.1 Å². The molecule has 2 saturated heterocycles. The van der Waals surface area contributed by atoms with Crippen molar-refractivity contribution in [3.05, 3.63) is 39.9 Å². The number of alkyl halides is 3. The molecule has 0 spiro atoms. The van der Waals surface area contributed by atoms with E-state index in [0.717, 1.165) is 18.4 Å². The molecule has 2 aromatic rings. The van der Waals surface area contributed by atoms with E-state index in [9.17, 15) is 22.8 Å². The Morgan fingerprint density at radius 2 is 1.60 bits per heavy atom. The predicted molar refractivity (Wildman–Crippen MR) is 203 cm³/mol. The highest BCUT2D eigenvalue weighted by Crippen LogP contribution is 2.40. The van der Waals surface area contributed by atoms with Crippen LogP contribution in [0.15, 0.2) is 23.3 Å². The number of nitrogens with zero attached hydrogens (tertiary/aromatic N) is 7. The van der Waals surface area contributed by atoms with Gasteiger partial charge in [0, 0.05) is 72.4 Å². The van der Waals surface area contributed by atoms with Crippen LogP contribution in [0.2, 0.25) is 42.3 Å². The highest BCUT2D eigenvalue weighted by molar-refractivity contribution is 6.90. The fraction of sp³-hybridized carbons (Fsp3) is 0.694. The first-order valence-corrected chi connectivity index (χ1v) is 24.3. The van der Waals surface area contributed by atoms with Crippen LogP contribution in [0.3, 0.4) is 0 Å². The Morgan fingerprint density at radius 1 is 0.981 bits per heavy atom. The Bertz CT molecular complexity index is 1610. The lowest BCUT2D eigenvalue weighted by molar-refractivity contribution is -0.138. The minimum Gasteiger partial charge on any atom is -0.374 e. The van der Waals surface area contributed by atoms with Crippen molar-refractivity contribution in [2.45, 2.75) is 109 Å². The minimum atomic E-state index is -4.50. The molecule has 1 amide bonds. The Labute approximate surface area is 308 Å². The van der Waals surface area contributed by atoms with Gasteiger partial charge in [-0.3, -0.25) is 9.59 Å². The van der Waals surface area contributed by atoms with Gasteiger partial charge >= 0.3 is 6.18 Å². The van der Waals surface area contributed by atoms with Gasteiger partial charge in [0.05, 0.1) is 30.3 Å². The molecule has 4 rings (SSSR count). The molecule has 288 valence electrons. The van der Waals surface area contributed by atoms with E-state index >= 15 is 0 Å². The van der Waals surface area contributed by atoms with Gasteiger partial charge in [0.2, 0.25) is 11.9 Å². The van der Waals surface area contributed by atoms with E-state index in [4.69, 9.17) is 14.6 Å². The first-order valence-electron chi connectivity index (χ1n) is 18.3. The second-order valence-corrected chi connectivity index (χ2v) is 27.2. The first kappa shape index (κ1) is 41.5. The van der Waals surface area contributed by atoms with Gasteiger partial charge in [0.25, 0.3) is 5.56 Å². The number of ether oxygens (including phenoxy) is 2. The number of morpholine rings is 1. The van der Waals surface area contributed by atoms with Crippen molar-refractivity contribution in [1.29, 1.82) is 0 Å². The van der Waals surface area contributed by atoms with Crippen LogP contribution in [0.5, 0.6) is 0 Å². The third kappa shape index (κ3) is 10.4. The highest BCUT2D eigenvalue weighted by atomic mass is 28.3. The van der Waals surface area contributed by atoms with Crippen molar-refractivity contribution in [1.82, 2.24) is 24.6 Å². The molecule has 1 unspecified atom stereocenters. The topological polar surface area (TPSA) is 106 Å². The van der Waals surface area contributed by atoms with Gasteiger partial charge in [-0.15, -0.1) is 10.6 Å². The van der Waals surface area contributed by atoms with E-state index in [-0.39, 0.29) is 30.6 Å². The summed E-state index contributed by atoms with van der Waals surface area (Å²) in [7, 11) is -3.45. The molecule has 0 aromatic carbocycles. The van der Waals surface area contributed by atoms with Crippen LogP contribution < -0.4 is 15.4 Å². The molecular formula is C36H56F3N7O4Si2. The van der Waals surface area contributed by atoms with Gasteiger partial charge in [-0.25, -0.2) is 14.6 Å². The summed E-state index contributed by atoms with van der Waals surface area (Å²) in [5, 5.41) is 4.73. The van der Waals surface area contributed by atoms with Crippen LogP contribution >= 0.6 is 0 Å². The second-order valence-electron chi connectivity index (χ2n) is 16.0. The molecule has 4 heterocycles. The Morgan fingerprint density at radius 3 is 2.15 bits per heavy atom. The van der Waals surface area contributed by atoms with E-state index in [1.165, 1.54) is 4.68 Å². The standard InChI is InChI=1S/C36H56F3N7O4Si2/c1-26(2)52(27(3)4,28(5)6)18-10-29-20-32(42-46(34(29)48)25-49-17-19-51(7,8)9)45-15-16-50-31(24-45)21-33(47)43-11-13-44(14-12-43)35-40-22-30(23-41-35)36(37,38)39/h20,22-23,26-28,31H,11-17,19,21,24-25H2,1-9H3. The number of amides is 1. The Hall–Kier alpha value is -3.27. The maximum atomic E-state index is 13.8. The van der Waals surface area contributed by atoms with Crippen molar-refractivity contribution >= 4 is 33.8 Å². The number of aromatic nitrogens is 4. The summed E-state index contributed by atoms with van der Waals surface area (Å²) in [5.74, 6) is 4.08. The van der Waals surface area contributed by atoms with E-state index < -0.39 is 34.0 Å². The van der Waals surface area contributed by atoms with Gasteiger partial charge < -0.3 is 24.2 Å². The highest BCUT2D eigenvalue weighted by Gasteiger charge is 2.42. The lowest BCUT2D eigenvalue weighted by Gasteiger charge is -2.38. The van der Waals surface area contributed by atoms with Crippen LogP contribution in [0.25, 0.3) is 0 Å². The quantitative estimate of drug-likeness (QED) is 0.149. The van der Waals surface area contributed by atoms with Gasteiger partial charge in [0.1, 0.15) is 14.8 Å². The zero-order valence-corrected chi connectivity index (χ0v) is 34.2. The zero-order valence-electron chi connectivity index (χ0n) is 32.2. The Kier molecular flexibility index (Phi) is 13.8. The minimum absolute atomic E-state index is 0.0304. The molecule has 2 aromatic heterocycles. The number of halogens is 3. The van der Waals surface area contributed by atoms with Crippen molar-refractivity contribution in [3.63, 3.8) is 0 Å². The van der Waals surface area contributed by atoms with Crippen LogP contribution in [-0.4, -0.2) is 105 Å². The SMILES string of the molecule is CC(C)[Si](C#Cc1cc(N2CCOC(CC(=O)N3CCN(c4ncc(C(F)(F)F)cn4)CC3)C2)nn(COCC[Si](C)(C)C)c1=O)(C(C)C)C(C)C. The summed E-state index contributed by atoms with van der Waals surface area (Å²) in [5.41, 5.74) is 4.14. The zero-order chi connectivity index (χ0) is 38.4. The molecular weight excluding hydrogens is 708 g/mol. The normalized spacial score (nSPS) is 17.6. The number of piperazine rings is 1. The molecule has 2 fully saturated rings. The first-order chi connectivity index (χ1) is 24.3. The maximum absolute atomic E-state index is 13.8. The second kappa shape index (κ2) is 17.3. The smallest absolute Gasteiger partial charge is 0.374 e. The molecule has 0 aliphatic carbocycles. The van der Waals surface area contributed by atoms with Gasteiger partial charge in [-0.05, 0) is 22.7 Å². The molecule has 0 radical (unpaired) electrons. The van der Waals surface area contributed by atoms with Gasteiger partial charge in [0.15, 0.2) is 5.82 Å². The molecule has 52 heavy (non-hydrogen) atoms. The van der Waals surface area contributed by atoms with Crippen molar-refractivity contribution in [2.75, 3.05) is 62.3 Å². The maximum Gasteiger partial charge on any atom is 0.419 e. The largest absolute Gasteiger partial charge is 0.419 e. The molecule has 11 nitrogen and oxygen atoms in total. The molecule has 2 aliphatic rings. The number of carbonyl (C=O) groups excluding carboxylic acids is 1. The number of anilines is 2. The molecule has 1 atom stereocenters. The lowest BCUT2D eigenvalue weighted by Crippen LogP contribution is -2.51. The fourth-order valence-electron chi connectivity index (χ4n) is 7.16. The summed E-state index contributed by atoms with van der Waals surface area (Å²) < 4.78 is 52.2. The van der Waals surface area contributed by atoms with Crippen molar-refractivity contribution in [2.24, 2.45) is 0 Å². The average Bonchev–Trinajstić information content (AvgIpc) is 3.07. The van der Waals surface area contributed by atoms with Crippen LogP contribution in [0.4, 0.5) is 24.9 Å². The summed E-state index contributed by atoms with van der Waals surface area (Å²) in [6.45, 7) is 23.8. The summed E-state index contributed by atoms with van der Waals surface area (Å²) >= 11 is 0. The third-order valence-corrected chi connectivity index (χ3v) is 18.2. The molecule has 0 bridgehead atoms. The molecule has 0 N–H and O–H groups in total. The van der Waals surface area contributed by atoms with Crippen LogP contribution in [-0.2, 0) is 27.2 Å². The van der Waals surface area contributed by atoms with E-state index in [1.54, 1.807) is 15.9 Å². The molecule has 16 heteroatoms. The summed E-state index contributed by atoms with van der Waals surface area (Å²) in [4.78, 5) is 40.5. The van der Waals surface area contributed by atoms with Crippen molar-refractivity contribution < 1.29 is 27.4 Å². The monoisotopic (exact) mass is 763 g/mol. The lowest BCUT2D eigenvalue weighted by atomic mass is 10.1. The number of rotatable bonds is 12.